The summed E-state index contributed by atoms with van der Waals surface area (Å²) in [5.74, 6) is 0. The average molecular weight is 706 g/mol. The summed E-state index contributed by atoms with van der Waals surface area (Å²) in [7, 11) is 0. The largest absolute Gasteiger partial charge is 0.309 e. The molecule has 0 N–H and O–H groups in total. The van der Waals surface area contributed by atoms with Gasteiger partial charge in [-0.3, -0.25) is 0 Å². The van der Waals surface area contributed by atoms with Gasteiger partial charge in [0.15, 0.2) is 0 Å². The molecule has 1 nitrogen and oxygen atoms in total. The van der Waals surface area contributed by atoms with Crippen molar-refractivity contribution >= 4 is 17.1 Å². The lowest BCUT2D eigenvalue weighted by Crippen LogP contribution is -2.17. The average Bonchev–Trinajstić information content (AvgIpc) is 3.62. The van der Waals surface area contributed by atoms with Gasteiger partial charge in [0.25, 0.3) is 0 Å². The van der Waals surface area contributed by atoms with Crippen molar-refractivity contribution in [3.8, 4) is 55.6 Å². The lowest BCUT2D eigenvalue weighted by atomic mass is 9.78. The molecule has 0 atom stereocenters. The summed E-state index contributed by atoms with van der Waals surface area (Å²) in [5.41, 5.74) is 21.3. The SMILES string of the molecule is CC1(C)c2ccccc2-c2c(-c3ccccc3N(c3cccc(-c4ccccc4)c3)c3ccccc3-c3cccc4c3C(C)(C)c3ccccc3-4)cccc21. The van der Waals surface area contributed by atoms with Gasteiger partial charge in [-0.15, -0.1) is 0 Å². The molecule has 10 rings (SSSR count). The smallest absolute Gasteiger partial charge is 0.0540 e. The summed E-state index contributed by atoms with van der Waals surface area (Å²) in [6, 6.07) is 69.5. The van der Waals surface area contributed by atoms with E-state index < -0.39 is 0 Å². The Bertz CT molecular complexity index is 2770. The highest BCUT2D eigenvalue weighted by atomic mass is 15.1. The number of nitrogens with zero attached hydrogens (tertiary/aromatic N) is 1. The Morgan fingerprint density at radius 3 is 1.49 bits per heavy atom. The van der Waals surface area contributed by atoms with Crippen LogP contribution < -0.4 is 4.90 Å². The summed E-state index contributed by atoms with van der Waals surface area (Å²) in [6.07, 6.45) is 0. The number of para-hydroxylation sites is 2. The first-order chi connectivity index (χ1) is 26.8. The van der Waals surface area contributed by atoms with Gasteiger partial charge in [-0.2, -0.15) is 0 Å². The van der Waals surface area contributed by atoms with Crippen molar-refractivity contribution in [1.29, 1.82) is 0 Å². The van der Waals surface area contributed by atoms with E-state index in [4.69, 9.17) is 0 Å². The zero-order chi connectivity index (χ0) is 37.3. The first-order valence-corrected chi connectivity index (χ1v) is 19.5. The van der Waals surface area contributed by atoms with Crippen LogP contribution in [0.25, 0.3) is 55.6 Å². The third kappa shape index (κ3) is 5.07. The molecule has 55 heavy (non-hydrogen) atoms. The van der Waals surface area contributed by atoms with Crippen LogP contribution in [0.5, 0.6) is 0 Å². The van der Waals surface area contributed by atoms with Gasteiger partial charge in [-0.1, -0.05) is 191 Å². The van der Waals surface area contributed by atoms with Gasteiger partial charge in [0, 0.05) is 27.6 Å². The van der Waals surface area contributed by atoms with E-state index in [1.165, 1.54) is 77.9 Å². The van der Waals surface area contributed by atoms with Gasteiger partial charge in [-0.25, -0.2) is 0 Å². The Labute approximate surface area is 325 Å². The first kappa shape index (κ1) is 33.2. The number of hydrogen-bond donors (Lipinski definition) is 0. The van der Waals surface area contributed by atoms with E-state index in [1.807, 2.05) is 0 Å². The summed E-state index contributed by atoms with van der Waals surface area (Å²) in [5, 5.41) is 0. The molecule has 0 amide bonds. The number of hydrogen-bond acceptors (Lipinski definition) is 1. The highest BCUT2D eigenvalue weighted by Crippen LogP contribution is 2.56. The topological polar surface area (TPSA) is 3.24 Å². The molecule has 0 bridgehead atoms. The Morgan fingerprint density at radius 1 is 0.327 bits per heavy atom. The van der Waals surface area contributed by atoms with Gasteiger partial charge >= 0.3 is 0 Å². The minimum absolute atomic E-state index is 0.0920. The Hall–Kier alpha value is -6.44. The van der Waals surface area contributed by atoms with Crippen LogP contribution in [0.2, 0.25) is 0 Å². The summed E-state index contributed by atoms with van der Waals surface area (Å²) < 4.78 is 0. The molecule has 0 heterocycles. The maximum atomic E-state index is 2.51. The van der Waals surface area contributed by atoms with Crippen molar-refractivity contribution in [2.45, 2.75) is 38.5 Å². The molecule has 0 radical (unpaired) electrons. The van der Waals surface area contributed by atoms with E-state index >= 15 is 0 Å². The second-order valence-electron chi connectivity index (χ2n) is 16.1. The van der Waals surface area contributed by atoms with Crippen molar-refractivity contribution < 1.29 is 0 Å². The lowest BCUT2D eigenvalue weighted by molar-refractivity contribution is 0.660. The fourth-order valence-electron chi connectivity index (χ4n) is 9.71. The van der Waals surface area contributed by atoms with Crippen LogP contribution in [0.1, 0.15) is 49.9 Å². The van der Waals surface area contributed by atoms with E-state index in [1.54, 1.807) is 0 Å². The van der Waals surface area contributed by atoms with Crippen LogP contribution in [0.4, 0.5) is 17.1 Å². The molecule has 0 saturated heterocycles. The normalized spacial score (nSPS) is 14.1. The van der Waals surface area contributed by atoms with Crippen molar-refractivity contribution in [3.63, 3.8) is 0 Å². The zero-order valence-corrected chi connectivity index (χ0v) is 31.8. The molecule has 264 valence electrons. The van der Waals surface area contributed by atoms with E-state index in [9.17, 15) is 0 Å². The molecule has 8 aromatic carbocycles. The fourth-order valence-corrected chi connectivity index (χ4v) is 9.71. The highest BCUT2D eigenvalue weighted by Gasteiger charge is 2.39. The summed E-state index contributed by atoms with van der Waals surface area (Å²) in [4.78, 5) is 2.51. The monoisotopic (exact) mass is 705 g/mol. The number of benzene rings is 8. The standard InChI is InChI=1S/C54H43N/c1-53(2)47-31-13-9-26-45(47)51-42(27-18-32-48(51)53)40-24-10-14-33-49(40)55(38-22-16-21-37(35-38)36-19-6-5-7-20-36)50-34-15-11-25-41(50)44-29-17-28-43-39-23-8-12-30-46(39)54(3,4)52(43)44/h5-35H,1-4H3. The molecule has 0 unspecified atom stereocenters. The van der Waals surface area contributed by atoms with Gasteiger partial charge in [0.2, 0.25) is 0 Å². The van der Waals surface area contributed by atoms with Gasteiger partial charge < -0.3 is 4.90 Å². The van der Waals surface area contributed by atoms with Crippen molar-refractivity contribution in [2.24, 2.45) is 0 Å². The summed E-state index contributed by atoms with van der Waals surface area (Å²) in [6.45, 7) is 9.50. The predicted molar refractivity (Wildman–Crippen MR) is 233 cm³/mol. The molecular formula is C54H43N. The van der Waals surface area contributed by atoms with E-state index in [0.29, 0.717) is 0 Å². The number of rotatable bonds is 6. The maximum absolute atomic E-state index is 2.51. The minimum Gasteiger partial charge on any atom is -0.309 e. The molecule has 0 spiro atoms. The van der Waals surface area contributed by atoms with E-state index in [0.717, 1.165) is 17.1 Å². The van der Waals surface area contributed by atoms with Crippen LogP contribution >= 0.6 is 0 Å². The van der Waals surface area contributed by atoms with Crippen LogP contribution in [-0.2, 0) is 10.8 Å². The quantitative estimate of drug-likeness (QED) is 0.166. The van der Waals surface area contributed by atoms with Crippen LogP contribution in [0.3, 0.4) is 0 Å². The summed E-state index contributed by atoms with van der Waals surface area (Å²) >= 11 is 0. The fraction of sp³-hybridized carbons (Fsp3) is 0.111. The predicted octanol–water partition coefficient (Wildman–Crippen LogP) is 14.8. The number of fused-ring (bicyclic) bond motifs is 6. The lowest BCUT2D eigenvalue weighted by Gasteiger charge is -2.32. The molecule has 0 saturated carbocycles. The molecule has 2 aliphatic rings. The Kier molecular flexibility index (Phi) is 7.58. The third-order valence-corrected chi connectivity index (χ3v) is 12.3. The van der Waals surface area contributed by atoms with Gasteiger partial charge in [0.1, 0.15) is 0 Å². The molecule has 1 heteroatoms. The first-order valence-electron chi connectivity index (χ1n) is 19.5. The molecule has 0 fully saturated rings. The Balaban J connectivity index is 1.24. The minimum atomic E-state index is -0.156. The Morgan fingerprint density at radius 2 is 0.782 bits per heavy atom. The van der Waals surface area contributed by atoms with Gasteiger partial charge in [-0.05, 0) is 91.0 Å². The van der Waals surface area contributed by atoms with Crippen molar-refractivity contribution in [3.05, 3.63) is 210 Å². The molecule has 0 aromatic heterocycles. The second kappa shape index (κ2) is 12.6. The van der Waals surface area contributed by atoms with E-state index in [-0.39, 0.29) is 10.8 Å². The van der Waals surface area contributed by atoms with Crippen LogP contribution in [-0.4, -0.2) is 0 Å². The second-order valence-corrected chi connectivity index (χ2v) is 16.1. The molecule has 8 aromatic rings. The molecule has 2 aliphatic carbocycles. The number of anilines is 3. The van der Waals surface area contributed by atoms with Crippen molar-refractivity contribution in [1.82, 2.24) is 0 Å². The molecular weight excluding hydrogens is 663 g/mol. The third-order valence-electron chi connectivity index (χ3n) is 12.3. The van der Waals surface area contributed by atoms with Crippen LogP contribution in [0, 0.1) is 0 Å². The molecule has 0 aliphatic heterocycles. The van der Waals surface area contributed by atoms with Crippen LogP contribution in [0.15, 0.2) is 188 Å². The maximum Gasteiger partial charge on any atom is 0.0540 e. The van der Waals surface area contributed by atoms with Gasteiger partial charge in [0.05, 0.1) is 11.4 Å². The van der Waals surface area contributed by atoms with E-state index in [2.05, 4.69) is 221 Å². The van der Waals surface area contributed by atoms with Crippen molar-refractivity contribution in [2.75, 3.05) is 4.90 Å². The zero-order valence-electron chi connectivity index (χ0n) is 31.8. The highest BCUT2D eigenvalue weighted by molar-refractivity contribution is 6.01.